The van der Waals surface area contributed by atoms with Crippen LogP contribution in [0.3, 0.4) is 0 Å². The number of halogens is 1. The summed E-state index contributed by atoms with van der Waals surface area (Å²) in [7, 11) is 1.35. The summed E-state index contributed by atoms with van der Waals surface area (Å²) >= 11 is 5.73. The van der Waals surface area contributed by atoms with Gasteiger partial charge in [-0.05, 0) is 12.1 Å². The van der Waals surface area contributed by atoms with Crippen molar-refractivity contribution in [3.8, 4) is 5.75 Å². The molecule has 16 heavy (non-hydrogen) atoms. The lowest BCUT2D eigenvalue weighted by Crippen LogP contribution is -2.33. The van der Waals surface area contributed by atoms with Gasteiger partial charge in [0.05, 0.1) is 5.02 Å². The molecular weight excluding hydrogens is 236 g/mol. The number of rotatable bonds is 1. The largest absolute Gasteiger partial charge is 0.446 e. The number of para-hydroxylation sites is 1. The first kappa shape index (κ1) is 12.1. The molecule has 0 fully saturated rings. The molecule has 1 rings (SSSR count). The van der Waals surface area contributed by atoms with E-state index in [4.69, 9.17) is 16.3 Å². The van der Waals surface area contributed by atoms with Crippen LogP contribution >= 0.6 is 11.6 Å². The predicted octanol–water partition coefficient (Wildman–Crippen LogP) is 1.70. The fourth-order valence-corrected chi connectivity index (χ4v) is 0.962. The smallest absolute Gasteiger partial charge is 0.407 e. The number of ether oxygens (including phenoxy) is 1. The molecule has 0 aliphatic heterocycles. The average molecular weight is 245 g/mol. The van der Waals surface area contributed by atoms with Gasteiger partial charge in [-0.15, -0.1) is 5.48 Å². The van der Waals surface area contributed by atoms with Crippen molar-refractivity contribution in [3.05, 3.63) is 29.3 Å². The van der Waals surface area contributed by atoms with E-state index in [0.29, 0.717) is 0 Å². The molecule has 6 nitrogen and oxygen atoms in total. The number of hydrogen-bond donors (Lipinski definition) is 2. The molecular formula is C9H9ClN2O4. The Hall–Kier alpha value is -1.95. The highest BCUT2D eigenvalue weighted by Crippen LogP contribution is 2.22. The van der Waals surface area contributed by atoms with Crippen molar-refractivity contribution in [1.82, 2.24) is 10.8 Å². The highest BCUT2D eigenvalue weighted by molar-refractivity contribution is 6.32. The zero-order chi connectivity index (χ0) is 12.0. The molecule has 2 amide bonds. The molecule has 1 aromatic carbocycles. The molecule has 0 spiro atoms. The van der Waals surface area contributed by atoms with Gasteiger partial charge >= 0.3 is 12.2 Å². The predicted molar refractivity (Wildman–Crippen MR) is 56.2 cm³/mol. The molecule has 0 aliphatic rings. The van der Waals surface area contributed by atoms with Gasteiger partial charge in [0.2, 0.25) is 0 Å². The number of carbonyl (C=O) groups is 2. The Morgan fingerprint density at radius 3 is 2.56 bits per heavy atom. The number of benzene rings is 1. The maximum Gasteiger partial charge on any atom is 0.446 e. The highest BCUT2D eigenvalue weighted by Gasteiger charge is 2.09. The van der Waals surface area contributed by atoms with E-state index < -0.39 is 12.2 Å². The lowest BCUT2D eigenvalue weighted by molar-refractivity contribution is 0.0857. The van der Waals surface area contributed by atoms with E-state index in [9.17, 15) is 9.59 Å². The Morgan fingerprint density at radius 2 is 1.94 bits per heavy atom. The minimum atomic E-state index is -0.947. The second-order valence-corrected chi connectivity index (χ2v) is 2.97. The van der Waals surface area contributed by atoms with Gasteiger partial charge in [-0.25, -0.2) is 9.59 Å². The third kappa shape index (κ3) is 3.66. The van der Waals surface area contributed by atoms with Crippen LogP contribution in [0.15, 0.2) is 24.3 Å². The van der Waals surface area contributed by atoms with E-state index in [1.165, 1.54) is 13.1 Å². The van der Waals surface area contributed by atoms with Crippen molar-refractivity contribution < 1.29 is 19.2 Å². The molecule has 0 aromatic heterocycles. The monoisotopic (exact) mass is 244 g/mol. The van der Waals surface area contributed by atoms with E-state index in [0.717, 1.165) is 0 Å². The summed E-state index contributed by atoms with van der Waals surface area (Å²) in [4.78, 5) is 25.9. The molecule has 0 heterocycles. The van der Waals surface area contributed by atoms with Crippen LogP contribution in [-0.2, 0) is 4.84 Å². The molecule has 7 heteroatoms. The fraction of sp³-hybridized carbons (Fsp3) is 0.111. The van der Waals surface area contributed by atoms with E-state index in [1.807, 2.05) is 0 Å². The molecule has 1 aromatic rings. The zero-order valence-corrected chi connectivity index (χ0v) is 9.08. The third-order valence-corrected chi connectivity index (χ3v) is 1.78. The normalized spacial score (nSPS) is 9.12. The van der Waals surface area contributed by atoms with E-state index in [1.54, 1.807) is 23.7 Å². The minimum absolute atomic E-state index is 0.169. The first-order valence-electron chi connectivity index (χ1n) is 4.24. The Kier molecular flexibility index (Phi) is 4.41. The molecule has 0 bridgehead atoms. The summed E-state index contributed by atoms with van der Waals surface area (Å²) in [6.45, 7) is 0. The summed E-state index contributed by atoms with van der Waals surface area (Å²) in [6, 6.07) is 6.40. The van der Waals surface area contributed by atoms with Crippen LogP contribution in [0.2, 0.25) is 5.02 Å². The van der Waals surface area contributed by atoms with Gasteiger partial charge in [-0.1, -0.05) is 23.7 Å². The second-order valence-electron chi connectivity index (χ2n) is 2.56. The molecule has 0 radical (unpaired) electrons. The van der Waals surface area contributed by atoms with Gasteiger partial charge in [0.1, 0.15) is 0 Å². The SMILES string of the molecule is CNC(=O)ONC(=O)Oc1ccccc1Cl. The van der Waals surface area contributed by atoms with Gasteiger partial charge in [-0.3, -0.25) is 0 Å². The van der Waals surface area contributed by atoms with Crippen molar-refractivity contribution in [2.24, 2.45) is 0 Å². The van der Waals surface area contributed by atoms with Gasteiger partial charge in [-0.2, -0.15) is 0 Å². The topological polar surface area (TPSA) is 76.7 Å². The van der Waals surface area contributed by atoms with Crippen molar-refractivity contribution in [2.75, 3.05) is 7.05 Å². The second kappa shape index (κ2) is 5.82. The van der Waals surface area contributed by atoms with Crippen LogP contribution in [-0.4, -0.2) is 19.2 Å². The molecule has 2 N–H and O–H groups in total. The average Bonchev–Trinajstić information content (AvgIpc) is 2.29. The van der Waals surface area contributed by atoms with E-state index in [2.05, 4.69) is 10.2 Å². The number of hydrogen-bond acceptors (Lipinski definition) is 4. The number of carbonyl (C=O) groups excluding carboxylic acids is 2. The molecule has 0 unspecified atom stereocenters. The van der Waals surface area contributed by atoms with Gasteiger partial charge in [0.15, 0.2) is 5.75 Å². The first-order chi connectivity index (χ1) is 7.63. The summed E-state index contributed by atoms with van der Waals surface area (Å²) in [5, 5.41) is 2.41. The van der Waals surface area contributed by atoms with Crippen molar-refractivity contribution in [3.63, 3.8) is 0 Å². The van der Waals surface area contributed by atoms with E-state index in [-0.39, 0.29) is 10.8 Å². The van der Waals surface area contributed by atoms with Gasteiger partial charge < -0.3 is 14.9 Å². The zero-order valence-electron chi connectivity index (χ0n) is 8.32. The maximum atomic E-state index is 11.1. The van der Waals surface area contributed by atoms with Crippen LogP contribution < -0.4 is 15.5 Å². The fourth-order valence-electron chi connectivity index (χ4n) is 0.787. The quantitative estimate of drug-likeness (QED) is 0.737. The van der Waals surface area contributed by atoms with Crippen LogP contribution in [0.1, 0.15) is 0 Å². The Labute approximate surface area is 96.4 Å². The van der Waals surface area contributed by atoms with Crippen LogP contribution in [0.4, 0.5) is 9.59 Å². The third-order valence-electron chi connectivity index (χ3n) is 1.47. The highest BCUT2D eigenvalue weighted by atomic mass is 35.5. The summed E-state index contributed by atoms with van der Waals surface area (Å²) < 4.78 is 4.75. The summed E-state index contributed by atoms with van der Waals surface area (Å²) in [5.74, 6) is 0.169. The van der Waals surface area contributed by atoms with Crippen LogP contribution in [0, 0.1) is 0 Å². The standard InChI is InChI=1S/C9H9ClN2O4/c1-11-8(13)16-12-9(14)15-7-5-3-2-4-6(7)10/h2-5H,1H3,(H,11,13)(H,12,14). The number of nitrogens with one attached hydrogen (secondary N) is 2. The Bertz CT molecular complexity index is 397. The summed E-state index contributed by atoms with van der Waals surface area (Å²) in [5.41, 5.74) is 1.78. The van der Waals surface area contributed by atoms with E-state index >= 15 is 0 Å². The number of amides is 2. The van der Waals surface area contributed by atoms with Gasteiger partial charge in [0, 0.05) is 7.05 Å². The molecule has 86 valence electrons. The maximum absolute atomic E-state index is 11.1. The number of hydroxylamine groups is 1. The molecule has 0 atom stereocenters. The Morgan fingerprint density at radius 1 is 1.25 bits per heavy atom. The molecule has 0 saturated heterocycles. The lowest BCUT2D eigenvalue weighted by atomic mass is 10.3. The van der Waals surface area contributed by atoms with Crippen LogP contribution in [0.25, 0.3) is 0 Å². The van der Waals surface area contributed by atoms with Gasteiger partial charge in [0.25, 0.3) is 0 Å². The van der Waals surface area contributed by atoms with Crippen LogP contribution in [0.5, 0.6) is 5.75 Å². The summed E-state index contributed by atoms with van der Waals surface area (Å²) in [6.07, 6.45) is -1.76. The Balaban J connectivity index is 2.46. The van der Waals surface area contributed by atoms with Crippen molar-refractivity contribution in [2.45, 2.75) is 0 Å². The van der Waals surface area contributed by atoms with Crippen molar-refractivity contribution >= 4 is 23.8 Å². The van der Waals surface area contributed by atoms with Crippen molar-refractivity contribution in [1.29, 1.82) is 0 Å². The first-order valence-corrected chi connectivity index (χ1v) is 4.62. The minimum Gasteiger partial charge on any atom is -0.407 e. The lowest BCUT2D eigenvalue weighted by Gasteiger charge is -2.06. The molecule has 0 aliphatic carbocycles. The molecule has 0 saturated carbocycles.